The smallest absolute Gasteiger partial charge is 0.131 e. The molecule has 0 radical (unpaired) electrons. The third-order valence-corrected chi connectivity index (χ3v) is 5.47. The maximum Gasteiger partial charge on any atom is 0.131 e. The van der Waals surface area contributed by atoms with Gasteiger partial charge in [-0.15, -0.1) is 0 Å². The van der Waals surface area contributed by atoms with Gasteiger partial charge < -0.3 is 10.1 Å². The molecule has 0 spiro atoms. The average molecular weight is 341 g/mol. The van der Waals surface area contributed by atoms with Crippen molar-refractivity contribution in [3.05, 3.63) is 40.7 Å². The second kappa shape index (κ2) is 6.84. The van der Waals surface area contributed by atoms with Crippen molar-refractivity contribution < 1.29 is 4.74 Å². The van der Waals surface area contributed by atoms with Gasteiger partial charge >= 0.3 is 0 Å². The SMILES string of the molecule is Cc1nn(C)c(C)c1[C@H]1OCC[C@@H]1CNCc1cnc(C2CC2)nc1. The Kier molecular flexibility index (Phi) is 4.56. The molecule has 2 atom stereocenters. The Bertz CT molecular complexity index is 735. The summed E-state index contributed by atoms with van der Waals surface area (Å²) < 4.78 is 8.01. The summed E-state index contributed by atoms with van der Waals surface area (Å²) in [5, 5.41) is 8.11. The number of aromatic nitrogens is 4. The summed E-state index contributed by atoms with van der Waals surface area (Å²) in [6.45, 7) is 6.76. The number of rotatable bonds is 6. The van der Waals surface area contributed by atoms with E-state index < -0.39 is 0 Å². The Morgan fingerprint density at radius 2 is 1.96 bits per heavy atom. The van der Waals surface area contributed by atoms with Crippen LogP contribution in [0.25, 0.3) is 0 Å². The van der Waals surface area contributed by atoms with Gasteiger partial charge in [0.25, 0.3) is 0 Å². The fourth-order valence-corrected chi connectivity index (χ4v) is 3.77. The van der Waals surface area contributed by atoms with E-state index in [0.717, 1.165) is 43.2 Å². The minimum atomic E-state index is 0.148. The number of nitrogens with one attached hydrogen (secondary N) is 1. The molecule has 2 fully saturated rings. The van der Waals surface area contributed by atoms with Crippen molar-refractivity contribution in [3.63, 3.8) is 0 Å². The van der Waals surface area contributed by atoms with Gasteiger partial charge in [0.1, 0.15) is 5.82 Å². The third kappa shape index (κ3) is 3.46. The Balaban J connectivity index is 1.35. The van der Waals surface area contributed by atoms with Gasteiger partial charge in [-0.3, -0.25) is 4.68 Å². The zero-order chi connectivity index (χ0) is 17.4. The van der Waals surface area contributed by atoms with E-state index in [-0.39, 0.29) is 6.10 Å². The lowest BCUT2D eigenvalue weighted by Gasteiger charge is -2.20. The number of ether oxygens (including phenoxy) is 1. The molecule has 25 heavy (non-hydrogen) atoms. The summed E-state index contributed by atoms with van der Waals surface area (Å²) in [6.07, 6.45) is 7.65. The van der Waals surface area contributed by atoms with Gasteiger partial charge in [0.2, 0.25) is 0 Å². The zero-order valence-corrected chi connectivity index (χ0v) is 15.3. The summed E-state index contributed by atoms with van der Waals surface area (Å²) in [5.41, 5.74) is 4.71. The molecule has 0 unspecified atom stereocenters. The van der Waals surface area contributed by atoms with Crippen LogP contribution < -0.4 is 5.32 Å². The Morgan fingerprint density at radius 3 is 2.60 bits per heavy atom. The zero-order valence-electron chi connectivity index (χ0n) is 15.3. The fraction of sp³-hybridized carbons (Fsp3) is 0.632. The first-order valence-corrected chi connectivity index (χ1v) is 9.26. The predicted octanol–water partition coefficient (Wildman–Crippen LogP) is 2.57. The second-order valence-corrected chi connectivity index (χ2v) is 7.40. The largest absolute Gasteiger partial charge is 0.373 e. The van der Waals surface area contributed by atoms with Crippen molar-refractivity contribution in [2.24, 2.45) is 13.0 Å². The molecular formula is C19H27N5O. The molecular weight excluding hydrogens is 314 g/mol. The summed E-state index contributed by atoms with van der Waals surface area (Å²) in [6, 6.07) is 0. The number of aryl methyl sites for hydroxylation is 2. The van der Waals surface area contributed by atoms with Crippen LogP contribution in [0, 0.1) is 19.8 Å². The molecule has 0 amide bonds. The molecule has 2 aromatic heterocycles. The third-order valence-electron chi connectivity index (χ3n) is 5.47. The number of nitrogens with zero attached hydrogens (tertiary/aromatic N) is 4. The molecule has 1 N–H and O–H groups in total. The van der Waals surface area contributed by atoms with Crippen LogP contribution in [0.3, 0.4) is 0 Å². The minimum Gasteiger partial charge on any atom is -0.373 e. The first kappa shape index (κ1) is 16.7. The lowest BCUT2D eigenvalue weighted by atomic mass is 9.94. The molecule has 0 bridgehead atoms. The van der Waals surface area contributed by atoms with Crippen molar-refractivity contribution >= 4 is 0 Å². The van der Waals surface area contributed by atoms with Crippen LogP contribution in [0.15, 0.2) is 12.4 Å². The van der Waals surface area contributed by atoms with Gasteiger partial charge in [0, 0.05) is 67.8 Å². The van der Waals surface area contributed by atoms with Crippen molar-refractivity contribution in [3.8, 4) is 0 Å². The van der Waals surface area contributed by atoms with E-state index in [1.54, 1.807) is 0 Å². The molecule has 1 saturated carbocycles. The molecule has 1 aliphatic heterocycles. The van der Waals surface area contributed by atoms with Crippen molar-refractivity contribution in [2.75, 3.05) is 13.2 Å². The Hall–Kier alpha value is -1.79. The molecule has 2 aliphatic rings. The van der Waals surface area contributed by atoms with Gasteiger partial charge in [-0.05, 0) is 33.1 Å². The maximum absolute atomic E-state index is 6.06. The topological polar surface area (TPSA) is 64.9 Å². The lowest BCUT2D eigenvalue weighted by Crippen LogP contribution is -2.25. The molecule has 3 heterocycles. The summed E-state index contributed by atoms with van der Waals surface area (Å²) in [4.78, 5) is 8.99. The van der Waals surface area contributed by atoms with Crippen LogP contribution in [0.4, 0.5) is 0 Å². The molecule has 2 aromatic rings. The monoisotopic (exact) mass is 341 g/mol. The minimum absolute atomic E-state index is 0.148. The van der Waals surface area contributed by atoms with Crippen molar-refractivity contribution in [2.45, 2.75) is 51.7 Å². The normalized spacial score (nSPS) is 23.3. The van der Waals surface area contributed by atoms with Gasteiger partial charge in [-0.1, -0.05) is 0 Å². The van der Waals surface area contributed by atoms with Crippen LogP contribution in [-0.2, 0) is 18.3 Å². The van der Waals surface area contributed by atoms with Gasteiger partial charge in [-0.25, -0.2) is 9.97 Å². The van der Waals surface area contributed by atoms with Crippen LogP contribution >= 0.6 is 0 Å². The molecule has 134 valence electrons. The molecule has 6 nitrogen and oxygen atoms in total. The highest BCUT2D eigenvalue weighted by atomic mass is 16.5. The first-order valence-electron chi connectivity index (χ1n) is 9.26. The molecule has 6 heteroatoms. The Labute approximate surface area is 149 Å². The van der Waals surface area contributed by atoms with Crippen molar-refractivity contribution in [1.82, 2.24) is 25.1 Å². The standard InChI is InChI=1S/C19H27N5O/c1-12-17(13(2)24(3)23-12)18-16(6-7-25-18)11-20-8-14-9-21-19(22-10-14)15-4-5-15/h9-10,15-16,18,20H,4-8,11H2,1-3H3/t16-,18+/m1/s1. The van der Waals surface area contributed by atoms with Crippen LogP contribution in [0.1, 0.15) is 59.6 Å². The number of hydrogen-bond donors (Lipinski definition) is 1. The second-order valence-electron chi connectivity index (χ2n) is 7.40. The fourth-order valence-electron chi connectivity index (χ4n) is 3.77. The first-order chi connectivity index (χ1) is 12.1. The highest BCUT2D eigenvalue weighted by Crippen LogP contribution is 2.38. The van der Waals surface area contributed by atoms with E-state index in [0.29, 0.717) is 11.8 Å². The van der Waals surface area contributed by atoms with E-state index in [1.807, 2.05) is 24.1 Å². The van der Waals surface area contributed by atoms with E-state index in [1.165, 1.54) is 24.1 Å². The predicted molar refractivity (Wildman–Crippen MR) is 95.2 cm³/mol. The average Bonchev–Trinajstić information content (AvgIpc) is 3.30. The summed E-state index contributed by atoms with van der Waals surface area (Å²) >= 11 is 0. The molecule has 1 saturated heterocycles. The van der Waals surface area contributed by atoms with Crippen molar-refractivity contribution in [1.29, 1.82) is 0 Å². The van der Waals surface area contributed by atoms with E-state index in [2.05, 4.69) is 34.2 Å². The van der Waals surface area contributed by atoms with Crippen LogP contribution in [0.5, 0.6) is 0 Å². The Morgan fingerprint density at radius 1 is 1.20 bits per heavy atom. The van der Waals surface area contributed by atoms with Gasteiger partial charge in [0.05, 0.1) is 11.8 Å². The van der Waals surface area contributed by atoms with Crippen LogP contribution in [-0.4, -0.2) is 32.9 Å². The van der Waals surface area contributed by atoms with E-state index >= 15 is 0 Å². The number of hydrogen-bond acceptors (Lipinski definition) is 5. The van der Waals surface area contributed by atoms with Crippen LogP contribution in [0.2, 0.25) is 0 Å². The quantitative estimate of drug-likeness (QED) is 0.875. The summed E-state index contributed by atoms with van der Waals surface area (Å²) in [7, 11) is 2.00. The molecule has 1 aliphatic carbocycles. The van der Waals surface area contributed by atoms with E-state index in [4.69, 9.17) is 4.74 Å². The molecule has 4 rings (SSSR count). The summed E-state index contributed by atoms with van der Waals surface area (Å²) in [5.74, 6) is 2.10. The molecule has 0 aromatic carbocycles. The highest BCUT2D eigenvalue weighted by molar-refractivity contribution is 5.28. The maximum atomic E-state index is 6.06. The lowest BCUT2D eigenvalue weighted by molar-refractivity contribution is 0.0893. The van der Waals surface area contributed by atoms with Gasteiger partial charge in [0.15, 0.2) is 0 Å². The highest BCUT2D eigenvalue weighted by Gasteiger charge is 2.33. The van der Waals surface area contributed by atoms with E-state index in [9.17, 15) is 0 Å². The van der Waals surface area contributed by atoms with Gasteiger partial charge in [-0.2, -0.15) is 5.10 Å².